The lowest BCUT2D eigenvalue weighted by Crippen LogP contribution is -2.34. The quantitative estimate of drug-likeness (QED) is 0.595. The Morgan fingerprint density at radius 1 is 0.882 bits per heavy atom. The second-order valence-corrected chi connectivity index (χ2v) is 3.66. The number of ketones is 1. The van der Waals surface area contributed by atoms with Gasteiger partial charge in [-0.05, 0) is 5.46 Å². The molecule has 0 saturated heterocycles. The van der Waals surface area contributed by atoms with Crippen LogP contribution in [0.5, 0.6) is 0 Å². The van der Waals surface area contributed by atoms with Gasteiger partial charge in [-0.15, -0.1) is 0 Å². The van der Waals surface area contributed by atoms with Crippen LogP contribution in [0.4, 0.5) is 0 Å². The molecule has 0 amide bonds. The summed E-state index contributed by atoms with van der Waals surface area (Å²) in [4.78, 5) is 12.1. The highest BCUT2D eigenvalue weighted by atomic mass is 16.4. The molecule has 0 fully saturated rings. The summed E-state index contributed by atoms with van der Waals surface area (Å²) in [5.41, 5.74) is 1.07. The summed E-state index contributed by atoms with van der Waals surface area (Å²) in [5, 5.41) is 18.4. The molecular formula is C13H11BO3. The van der Waals surface area contributed by atoms with Crippen molar-refractivity contribution in [3.8, 4) is 0 Å². The van der Waals surface area contributed by atoms with E-state index in [4.69, 9.17) is 0 Å². The standard InChI is InChI=1S/C13H11BO3/c15-13(10-6-2-1-3-7-10)11-8-4-5-9-12(11)14(16)17/h1-9,16-17H. The first-order chi connectivity index (χ1) is 8.20. The second kappa shape index (κ2) is 4.95. The molecule has 0 unspecified atom stereocenters. The van der Waals surface area contributed by atoms with Crippen LogP contribution in [0.25, 0.3) is 0 Å². The summed E-state index contributed by atoms with van der Waals surface area (Å²) in [6.45, 7) is 0. The van der Waals surface area contributed by atoms with E-state index in [2.05, 4.69) is 0 Å². The molecule has 84 valence electrons. The minimum atomic E-state index is -1.64. The molecule has 2 aromatic rings. The molecule has 0 saturated carbocycles. The first-order valence-corrected chi connectivity index (χ1v) is 5.25. The molecule has 0 radical (unpaired) electrons. The maximum absolute atomic E-state index is 12.1. The summed E-state index contributed by atoms with van der Waals surface area (Å²) in [6.07, 6.45) is 0. The van der Waals surface area contributed by atoms with Gasteiger partial charge < -0.3 is 10.0 Å². The van der Waals surface area contributed by atoms with Crippen molar-refractivity contribution in [3.63, 3.8) is 0 Å². The fraction of sp³-hybridized carbons (Fsp3) is 0. The van der Waals surface area contributed by atoms with Gasteiger partial charge in [-0.3, -0.25) is 4.79 Å². The second-order valence-electron chi connectivity index (χ2n) is 3.66. The van der Waals surface area contributed by atoms with E-state index in [-0.39, 0.29) is 11.2 Å². The van der Waals surface area contributed by atoms with Crippen LogP contribution in [0.15, 0.2) is 54.6 Å². The SMILES string of the molecule is O=C(c1ccccc1)c1ccccc1B(O)O. The summed E-state index contributed by atoms with van der Waals surface area (Å²) in [5.74, 6) is -0.214. The van der Waals surface area contributed by atoms with Gasteiger partial charge >= 0.3 is 7.12 Å². The van der Waals surface area contributed by atoms with E-state index >= 15 is 0 Å². The lowest BCUT2D eigenvalue weighted by Gasteiger charge is -2.07. The van der Waals surface area contributed by atoms with E-state index < -0.39 is 7.12 Å². The molecule has 0 aromatic heterocycles. The third kappa shape index (κ3) is 2.44. The maximum atomic E-state index is 12.1. The highest BCUT2D eigenvalue weighted by Gasteiger charge is 2.20. The lowest BCUT2D eigenvalue weighted by atomic mass is 9.75. The van der Waals surface area contributed by atoms with Crippen molar-refractivity contribution in [2.45, 2.75) is 0 Å². The van der Waals surface area contributed by atoms with Crippen LogP contribution >= 0.6 is 0 Å². The van der Waals surface area contributed by atoms with Crippen LogP contribution in [0, 0.1) is 0 Å². The normalized spacial score (nSPS) is 10.0. The Morgan fingerprint density at radius 3 is 2.12 bits per heavy atom. The van der Waals surface area contributed by atoms with Crippen LogP contribution < -0.4 is 5.46 Å². The Hall–Kier alpha value is -1.91. The Bertz CT molecular complexity index is 523. The van der Waals surface area contributed by atoms with Crippen LogP contribution in [0.3, 0.4) is 0 Å². The van der Waals surface area contributed by atoms with E-state index in [1.807, 2.05) is 6.07 Å². The molecule has 0 heterocycles. The molecule has 2 aromatic carbocycles. The van der Waals surface area contributed by atoms with Gasteiger partial charge in [0.15, 0.2) is 5.78 Å². The molecule has 0 atom stereocenters. The predicted octanol–water partition coefficient (Wildman–Crippen LogP) is 0.597. The zero-order valence-corrected chi connectivity index (χ0v) is 9.08. The number of carbonyl (C=O) groups excluding carboxylic acids is 1. The van der Waals surface area contributed by atoms with Gasteiger partial charge in [0.05, 0.1) is 0 Å². The summed E-state index contributed by atoms with van der Waals surface area (Å²) < 4.78 is 0. The number of carbonyl (C=O) groups is 1. The van der Waals surface area contributed by atoms with Crippen LogP contribution in [0.1, 0.15) is 15.9 Å². The van der Waals surface area contributed by atoms with Crippen LogP contribution in [0.2, 0.25) is 0 Å². The van der Waals surface area contributed by atoms with Crippen LogP contribution in [-0.2, 0) is 0 Å². The van der Waals surface area contributed by atoms with Crippen molar-refractivity contribution in [1.82, 2.24) is 0 Å². The first kappa shape index (κ1) is 11.6. The first-order valence-electron chi connectivity index (χ1n) is 5.25. The number of hydrogen-bond acceptors (Lipinski definition) is 3. The molecular weight excluding hydrogens is 215 g/mol. The van der Waals surface area contributed by atoms with Crippen molar-refractivity contribution in [1.29, 1.82) is 0 Å². The van der Waals surface area contributed by atoms with Crippen molar-refractivity contribution in [3.05, 3.63) is 65.7 Å². The minimum Gasteiger partial charge on any atom is -0.423 e. The van der Waals surface area contributed by atoms with E-state index in [1.165, 1.54) is 6.07 Å². The van der Waals surface area contributed by atoms with Gasteiger partial charge in [0.25, 0.3) is 0 Å². The monoisotopic (exact) mass is 226 g/mol. The predicted molar refractivity (Wildman–Crippen MR) is 66.1 cm³/mol. The summed E-state index contributed by atoms with van der Waals surface area (Å²) >= 11 is 0. The number of rotatable bonds is 3. The smallest absolute Gasteiger partial charge is 0.423 e. The van der Waals surface area contributed by atoms with Crippen molar-refractivity contribution < 1.29 is 14.8 Å². The van der Waals surface area contributed by atoms with Crippen molar-refractivity contribution in [2.24, 2.45) is 0 Å². The minimum absolute atomic E-state index is 0.214. The molecule has 0 aliphatic heterocycles. The third-order valence-corrected chi connectivity index (χ3v) is 2.52. The van der Waals surface area contributed by atoms with Gasteiger partial charge in [-0.1, -0.05) is 54.6 Å². The zero-order chi connectivity index (χ0) is 12.3. The van der Waals surface area contributed by atoms with Gasteiger partial charge in [-0.25, -0.2) is 0 Å². The van der Waals surface area contributed by atoms with Gasteiger partial charge in [-0.2, -0.15) is 0 Å². The molecule has 2 N–H and O–H groups in total. The Kier molecular flexibility index (Phi) is 3.37. The summed E-state index contributed by atoms with van der Waals surface area (Å²) in [6, 6.07) is 15.2. The molecule has 0 aliphatic rings. The van der Waals surface area contributed by atoms with Gasteiger partial charge in [0, 0.05) is 11.1 Å². The average molecular weight is 226 g/mol. The lowest BCUT2D eigenvalue weighted by molar-refractivity contribution is 0.103. The van der Waals surface area contributed by atoms with E-state index in [0.717, 1.165) is 0 Å². The van der Waals surface area contributed by atoms with Crippen molar-refractivity contribution in [2.75, 3.05) is 0 Å². The van der Waals surface area contributed by atoms with E-state index in [1.54, 1.807) is 42.5 Å². The molecule has 4 heteroatoms. The largest absolute Gasteiger partial charge is 0.489 e. The van der Waals surface area contributed by atoms with E-state index in [9.17, 15) is 14.8 Å². The Balaban J connectivity index is 2.45. The molecule has 3 nitrogen and oxygen atoms in total. The fourth-order valence-electron chi connectivity index (χ4n) is 1.67. The Labute approximate surface area is 99.5 Å². The van der Waals surface area contributed by atoms with E-state index in [0.29, 0.717) is 11.1 Å². The molecule has 0 spiro atoms. The molecule has 0 aliphatic carbocycles. The zero-order valence-electron chi connectivity index (χ0n) is 9.08. The Morgan fingerprint density at radius 2 is 1.47 bits per heavy atom. The number of hydrogen-bond donors (Lipinski definition) is 2. The van der Waals surface area contributed by atoms with Gasteiger partial charge in [0.1, 0.15) is 0 Å². The fourth-order valence-corrected chi connectivity index (χ4v) is 1.67. The molecule has 0 bridgehead atoms. The molecule has 17 heavy (non-hydrogen) atoms. The molecule has 2 rings (SSSR count). The highest BCUT2D eigenvalue weighted by molar-refractivity contribution is 6.60. The highest BCUT2D eigenvalue weighted by Crippen LogP contribution is 2.08. The maximum Gasteiger partial charge on any atom is 0.489 e. The summed E-state index contributed by atoms with van der Waals surface area (Å²) in [7, 11) is -1.64. The van der Waals surface area contributed by atoms with Crippen LogP contribution in [-0.4, -0.2) is 22.9 Å². The third-order valence-electron chi connectivity index (χ3n) is 2.52. The van der Waals surface area contributed by atoms with Crippen molar-refractivity contribution >= 4 is 18.4 Å². The topological polar surface area (TPSA) is 57.5 Å². The average Bonchev–Trinajstić information content (AvgIpc) is 2.39. The van der Waals surface area contributed by atoms with Gasteiger partial charge in [0.2, 0.25) is 0 Å². The number of benzene rings is 2.